The fourth-order valence-corrected chi connectivity index (χ4v) is 3.67. The average molecular weight is 464 g/mol. The minimum atomic E-state index is -0.245. The largest absolute Gasteiger partial charge is 0.489 e. The molecule has 0 atom stereocenters. The van der Waals surface area contributed by atoms with Crippen LogP contribution in [0.2, 0.25) is 5.02 Å². The van der Waals surface area contributed by atoms with E-state index in [0.29, 0.717) is 17.2 Å². The summed E-state index contributed by atoms with van der Waals surface area (Å²) in [5.74, 6) is 0.499. The zero-order chi connectivity index (χ0) is 22.9. The summed E-state index contributed by atoms with van der Waals surface area (Å²) in [5.41, 5.74) is 6.18. The molecule has 1 aliphatic rings. The molecule has 170 valence electrons. The number of benzene rings is 3. The number of morpholine rings is 1. The first-order valence-electron chi connectivity index (χ1n) is 10.9. The highest BCUT2D eigenvalue weighted by Gasteiger charge is 2.11. The molecule has 3 aromatic rings. The molecule has 1 heterocycles. The van der Waals surface area contributed by atoms with E-state index in [-0.39, 0.29) is 5.91 Å². The number of ether oxygens (including phenoxy) is 2. The van der Waals surface area contributed by atoms with Crippen LogP contribution >= 0.6 is 11.6 Å². The van der Waals surface area contributed by atoms with Crippen LogP contribution in [0.3, 0.4) is 0 Å². The second-order valence-corrected chi connectivity index (χ2v) is 8.21. The van der Waals surface area contributed by atoms with Gasteiger partial charge < -0.3 is 9.47 Å². The van der Waals surface area contributed by atoms with Gasteiger partial charge >= 0.3 is 0 Å². The predicted molar refractivity (Wildman–Crippen MR) is 130 cm³/mol. The van der Waals surface area contributed by atoms with Crippen molar-refractivity contribution in [2.24, 2.45) is 5.10 Å². The van der Waals surface area contributed by atoms with Gasteiger partial charge in [0.15, 0.2) is 0 Å². The molecule has 0 bridgehead atoms. The van der Waals surface area contributed by atoms with Crippen molar-refractivity contribution in [2.45, 2.75) is 13.2 Å². The third-order valence-corrected chi connectivity index (χ3v) is 5.52. The van der Waals surface area contributed by atoms with Crippen LogP contribution in [0.25, 0.3) is 0 Å². The average Bonchev–Trinajstić information content (AvgIpc) is 2.85. The Morgan fingerprint density at radius 3 is 2.52 bits per heavy atom. The maximum absolute atomic E-state index is 12.4. The van der Waals surface area contributed by atoms with E-state index in [0.717, 1.165) is 49.7 Å². The zero-order valence-electron chi connectivity index (χ0n) is 18.2. The number of rotatable bonds is 8. The molecular formula is C26H26ClN3O3. The van der Waals surface area contributed by atoms with Crippen LogP contribution in [0.15, 0.2) is 77.9 Å². The van der Waals surface area contributed by atoms with Gasteiger partial charge in [-0.1, -0.05) is 35.9 Å². The van der Waals surface area contributed by atoms with E-state index in [1.54, 1.807) is 6.21 Å². The quantitative estimate of drug-likeness (QED) is 0.394. The normalized spacial score (nSPS) is 14.3. The smallest absolute Gasteiger partial charge is 0.271 e. The summed E-state index contributed by atoms with van der Waals surface area (Å²) in [6, 6.07) is 22.7. The standard InChI is InChI=1S/C26H26ClN3O3/c27-24-3-1-2-22(16-24)19-33-25-10-6-20(7-11-25)17-28-29-26(31)23-8-4-21(5-9-23)18-30-12-14-32-15-13-30/h1-11,16-17H,12-15,18-19H2,(H,29,31)/b28-17-. The van der Waals surface area contributed by atoms with Gasteiger partial charge in [0.25, 0.3) is 5.91 Å². The summed E-state index contributed by atoms with van der Waals surface area (Å²) >= 11 is 5.99. The SMILES string of the molecule is O=C(N/N=C\c1ccc(OCc2cccc(Cl)c2)cc1)c1ccc(CN2CCOCC2)cc1. The van der Waals surface area contributed by atoms with Crippen LogP contribution in [0.1, 0.15) is 27.0 Å². The van der Waals surface area contributed by atoms with Gasteiger partial charge in [0.2, 0.25) is 0 Å². The van der Waals surface area contributed by atoms with Crippen LogP contribution in [0.4, 0.5) is 0 Å². The Morgan fingerprint density at radius 1 is 1.03 bits per heavy atom. The van der Waals surface area contributed by atoms with E-state index < -0.39 is 0 Å². The number of amides is 1. The highest BCUT2D eigenvalue weighted by Crippen LogP contribution is 2.16. The molecule has 1 saturated heterocycles. The summed E-state index contributed by atoms with van der Waals surface area (Å²) in [4.78, 5) is 14.7. The minimum absolute atomic E-state index is 0.245. The van der Waals surface area contributed by atoms with Crippen LogP contribution in [0, 0.1) is 0 Å². The second kappa shape index (κ2) is 11.6. The third kappa shape index (κ3) is 7.15. The van der Waals surface area contributed by atoms with Crippen LogP contribution < -0.4 is 10.2 Å². The van der Waals surface area contributed by atoms with Crippen molar-refractivity contribution in [1.82, 2.24) is 10.3 Å². The van der Waals surface area contributed by atoms with Crippen LogP contribution in [0.5, 0.6) is 5.75 Å². The van der Waals surface area contributed by atoms with Gasteiger partial charge in [0.05, 0.1) is 19.4 Å². The molecule has 0 spiro atoms. The first kappa shape index (κ1) is 23.0. The number of carbonyl (C=O) groups excluding carboxylic acids is 1. The summed E-state index contributed by atoms with van der Waals surface area (Å²) in [6.07, 6.45) is 1.60. The molecular weight excluding hydrogens is 438 g/mol. The molecule has 4 rings (SSSR count). The monoisotopic (exact) mass is 463 g/mol. The maximum atomic E-state index is 12.4. The molecule has 3 aromatic carbocycles. The molecule has 0 aliphatic carbocycles. The van der Waals surface area contributed by atoms with Gasteiger partial charge in [-0.15, -0.1) is 0 Å². The van der Waals surface area contributed by atoms with Crippen molar-refractivity contribution in [3.8, 4) is 5.75 Å². The Bertz CT molecular complexity index is 1080. The summed E-state index contributed by atoms with van der Waals surface area (Å²) in [7, 11) is 0. The third-order valence-electron chi connectivity index (χ3n) is 5.28. The van der Waals surface area contributed by atoms with E-state index >= 15 is 0 Å². The van der Waals surface area contributed by atoms with E-state index in [9.17, 15) is 4.79 Å². The highest BCUT2D eigenvalue weighted by molar-refractivity contribution is 6.30. The molecule has 1 amide bonds. The van der Waals surface area contributed by atoms with Gasteiger partial charge in [-0.05, 0) is 65.2 Å². The molecule has 33 heavy (non-hydrogen) atoms. The number of nitrogens with one attached hydrogen (secondary N) is 1. The predicted octanol–water partition coefficient (Wildman–Crippen LogP) is 4.52. The van der Waals surface area contributed by atoms with E-state index in [2.05, 4.69) is 15.4 Å². The Labute approximate surface area is 198 Å². The van der Waals surface area contributed by atoms with Crippen molar-refractivity contribution in [1.29, 1.82) is 0 Å². The topological polar surface area (TPSA) is 63.2 Å². The van der Waals surface area contributed by atoms with Crippen molar-refractivity contribution in [2.75, 3.05) is 26.3 Å². The minimum Gasteiger partial charge on any atom is -0.489 e. The first-order chi connectivity index (χ1) is 16.2. The second-order valence-electron chi connectivity index (χ2n) is 7.77. The van der Waals surface area contributed by atoms with Crippen molar-refractivity contribution < 1.29 is 14.3 Å². The lowest BCUT2D eigenvalue weighted by Crippen LogP contribution is -2.35. The summed E-state index contributed by atoms with van der Waals surface area (Å²) < 4.78 is 11.2. The number of hydrazone groups is 1. The van der Waals surface area contributed by atoms with Crippen LogP contribution in [-0.2, 0) is 17.9 Å². The molecule has 0 aromatic heterocycles. The molecule has 6 nitrogen and oxygen atoms in total. The van der Waals surface area contributed by atoms with Crippen molar-refractivity contribution in [3.63, 3.8) is 0 Å². The number of carbonyl (C=O) groups is 1. The number of nitrogens with zero attached hydrogens (tertiary/aromatic N) is 2. The lowest BCUT2D eigenvalue weighted by atomic mass is 10.1. The Morgan fingerprint density at radius 2 is 1.79 bits per heavy atom. The Kier molecular flexibility index (Phi) is 8.09. The molecule has 0 unspecified atom stereocenters. The van der Waals surface area contributed by atoms with Gasteiger partial charge in [-0.2, -0.15) is 5.10 Å². The van der Waals surface area contributed by atoms with Gasteiger partial charge in [0, 0.05) is 30.2 Å². The van der Waals surface area contributed by atoms with E-state index in [1.165, 1.54) is 5.56 Å². The van der Waals surface area contributed by atoms with Crippen LogP contribution in [-0.4, -0.2) is 43.3 Å². The maximum Gasteiger partial charge on any atom is 0.271 e. The van der Waals surface area contributed by atoms with Gasteiger partial charge in [-0.25, -0.2) is 5.43 Å². The Balaban J connectivity index is 1.24. The molecule has 7 heteroatoms. The molecule has 1 aliphatic heterocycles. The van der Waals surface area contributed by atoms with Gasteiger partial charge in [-0.3, -0.25) is 9.69 Å². The highest BCUT2D eigenvalue weighted by atomic mass is 35.5. The lowest BCUT2D eigenvalue weighted by molar-refractivity contribution is 0.0342. The van der Waals surface area contributed by atoms with Crippen molar-refractivity contribution >= 4 is 23.7 Å². The molecule has 0 saturated carbocycles. The van der Waals surface area contributed by atoms with E-state index in [1.807, 2.05) is 72.8 Å². The summed E-state index contributed by atoms with van der Waals surface area (Å²) in [5, 5.41) is 4.75. The Hall–Kier alpha value is -3.19. The first-order valence-corrected chi connectivity index (χ1v) is 11.2. The molecule has 1 fully saturated rings. The number of hydrogen-bond donors (Lipinski definition) is 1. The van der Waals surface area contributed by atoms with E-state index in [4.69, 9.17) is 21.1 Å². The molecule has 0 radical (unpaired) electrons. The van der Waals surface area contributed by atoms with Gasteiger partial charge in [0.1, 0.15) is 12.4 Å². The number of hydrogen-bond acceptors (Lipinski definition) is 5. The number of halogens is 1. The summed E-state index contributed by atoms with van der Waals surface area (Å²) in [6.45, 7) is 4.73. The fraction of sp³-hybridized carbons (Fsp3) is 0.231. The molecule has 1 N–H and O–H groups in total. The van der Waals surface area contributed by atoms with Crippen molar-refractivity contribution in [3.05, 3.63) is 100 Å². The zero-order valence-corrected chi connectivity index (χ0v) is 19.0. The lowest BCUT2D eigenvalue weighted by Gasteiger charge is -2.26. The fourth-order valence-electron chi connectivity index (χ4n) is 3.45.